The number of rotatable bonds is 6. The van der Waals surface area contributed by atoms with E-state index < -0.39 is 47.3 Å². The Kier molecular flexibility index (Phi) is 6.96. The van der Waals surface area contributed by atoms with Crippen LogP contribution in [-0.4, -0.2) is 31.0 Å². The molecule has 15 heteroatoms. The van der Waals surface area contributed by atoms with Crippen LogP contribution < -0.4 is 5.73 Å². The molecule has 0 aliphatic carbocycles. The first-order valence-corrected chi connectivity index (χ1v) is 14.4. The first-order valence-electron chi connectivity index (χ1n) is 11.5. The van der Waals surface area contributed by atoms with Crippen molar-refractivity contribution in [2.45, 2.75) is 9.79 Å². The summed E-state index contributed by atoms with van der Waals surface area (Å²) >= 11 is 0. The third-order valence-corrected chi connectivity index (χ3v) is 7.67. The van der Waals surface area contributed by atoms with E-state index in [9.17, 15) is 35.4 Å². The van der Waals surface area contributed by atoms with Crippen molar-refractivity contribution in [1.29, 1.82) is 0 Å². The zero-order valence-electron chi connectivity index (χ0n) is 20.5. The zero-order valence-corrected chi connectivity index (χ0v) is 22.2. The fraction of sp³-hybridized carbons (Fsp3) is 0. The number of nitrogens with zero attached hydrogens (tertiary/aromatic N) is 4. The summed E-state index contributed by atoms with van der Waals surface area (Å²) in [6.07, 6.45) is 0. The van der Waals surface area contributed by atoms with Gasteiger partial charge in [0.05, 0.1) is 22.0 Å². The highest BCUT2D eigenvalue weighted by atomic mass is 32.2. The average molecular weight is 596 g/mol. The van der Waals surface area contributed by atoms with Gasteiger partial charge in [-0.25, -0.2) is 4.39 Å². The van der Waals surface area contributed by atoms with E-state index in [2.05, 4.69) is 20.5 Å². The molecule has 41 heavy (non-hydrogen) atoms. The van der Waals surface area contributed by atoms with Gasteiger partial charge in [-0.3, -0.25) is 9.11 Å². The minimum atomic E-state index is -4.88. The molecule has 0 aliphatic rings. The Hall–Kier alpha value is -4.83. The van der Waals surface area contributed by atoms with Gasteiger partial charge < -0.3 is 10.8 Å². The molecule has 5 aromatic carbocycles. The van der Waals surface area contributed by atoms with E-state index in [0.29, 0.717) is 11.1 Å². The van der Waals surface area contributed by atoms with E-state index in [4.69, 9.17) is 5.73 Å². The fourth-order valence-electron chi connectivity index (χ4n) is 4.01. The number of nitrogen functional groups attached to an aromatic ring is 1. The molecular weight excluding hydrogens is 577 g/mol. The number of halogens is 1. The summed E-state index contributed by atoms with van der Waals surface area (Å²) in [5.74, 6) is -1.08. The van der Waals surface area contributed by atoms with Crippen LogP contribution in [0, 0.1) is 5.82 Å². The molecule has 208 valence electrons. The van der Waals surface area contributed by atoms with Gasteiger partial charge in [-0.1, -0.05) is 12.1 Å². The van der Waals surface area contributed by atoms with Crippen molar-refractivity contribution in [2.24, 2.45) is 20.5 Å². The van der Waals surface area contributed by atoms with Crippen molar-refractivity contribution >= 4 is 70.2 Å². The highest BCUT2D eigenvalue weighted by Gasteiger charge is 2.22. The summed E-state index contributed by atoms with van der Waals surface area (Å²) in [6, 6.07) is 17.0. The quantitative estimate of drug-likeness (QED) is 0.0936. The molecular formula is C26H18FN5O7S2. The SMILES string of the molecule is Nc1ccc2cc(S(=O)(=O)O)c(N=Nc3ccc(N=Nc4ccc(F)cc4)c4ccc(S(=O)(=O)O)cc34)c(O)c2c1. The molecule has 0 amide bonds. The molecule has 0 saturated carbocycles. The summed E-state index contributed by atoms with van der Waals surface area (Å²) in [5.41, 5.74) is 6.03. The van der Waals surface area contributed by atoms with E-state index in [1.807, 2.05) is 0 Å². The largest absolute Gasteiger partial charge is 0.505 e. The average Bonchev–Trinajstić information content (AvgIpc) is 2.91. The molecule has 5 rings (SSSR count). The van der Waals surface area contributed by atoms with Gasteiger partial charge in [-0.2, -0.15) is 21.9 Å². The minimum Gasteiger partial charge on any atom is -0.505 e. The van der Waals surface area contributed by atoms with Crippen molar-refractivity contribution in [1.82, 2.24) is 0 Å². The number of phenolic OH excluding ortho intramolecular Hbond substituents is 1. The highest BCUT2D eigenvalue weighted by Crippen LogP contribution is 2.43. The Morgan fingerprint density at radius 1 is 0.659 bits per heavy atom. The van der Waals surface area contributed by atoms with Crippen molar-refractivity contribution in [3.05, 3.63) is 84.7 Å². The summed E-state index contributed by atoms with van der Waals surface area (Å²) in [4.78, 5) is -1.21. The lowest BCUT2D eigenvalue weighted by atomic mass is 10.1. The van der Waals surface area contributed by atoms with Crippen LogP contribution in [0.25, 0.3) is 21.5 Å². The summed E-state index contributed by atoms with van der Waals surface area (Å²) in [7, 11) is -9.52. The van der Waals surface area contributed by atoms with Crippen LogP contribution >= 0.6 is 0 Å². The van der Waals surface area contributed by atoms with Gasteiger partial charge in [-0.05, 0) is 72.1 Å². The number of phenols is 1. The molecule has 0 radical (unpaired) electrons. The number of nitrogens with two attached hydrogens (primary N) is 1. The molecule has 0 spiro atoms. The molecule has 5 aromatic rings. The Balaban J connectivity index is 1.69. The van der Waals surface area contributed by atoms with Crippen molar-refractivity contribution in [3.63, 3.8) is 0 Å². The molecule has 0 heterocycles. The van der Waals surface area contributed by atoms with E-state index in [0.717, 1.165) is 18.2 Å². The number of azo groups is 2. The lowest BCUT2D eigenvalue weighted by molar-refractivity contribution is 0.472. The second-order valence-electron chi connectivity index (χ2n) is 8.69. The smallest absolute Gasteiger partial charge is 0.296 e. The number of anilines is 1. The van der Waals surface area contributed by atoms with Crippen LogP contribution in [0.3, 0.4) is 0 Å². The van der Waals surface area contributed by atoms with E-state index in [-0.39, 0.29) is 33.2 Å². The van der Waals surface area contributed by atoms with Crippen LogP contribution in [0.2, 0.25) is 0 Å². The second-order valence-corrected chi connectivity index (χ2v) is 11.5. The van der Waals surface area contributed by atoms with Crippen LogP contribution in [0.4, 0.5) is 32.8 Å². The Morgan fingerprint density at radius 2 is 1.32 bits per heavy atom. The van der Waals surface area contributed by atoms with Crippen LogP contribution in [0.15, 0.2) is 109 Å². The predicted octanol–water partition coefficient (Wildman–Crippen LogP) is 6.74. The lowest BCUT2D eigenvalue weighted by Crippen LogP contribution is -1.99. The summed E-state index contributed by atoms with van der Waals surface area (Å²) in [6.45, 7) is 0. The maximum Gasteiger partial charge on any atom is 0.296 e. The molecule has 0 aromatic heterocycles. The molecule has 0 saturated heterocycles. The van der Waals surface area contributed by atoms with Gasteiger partial charge in [0.25, 0.3) is 20.2 Å². The Bertz CT molecular complexity index is 2130. The van der Waals surface area contributed by atoms with Crippen LogP contribution in [0.5, 0.6) is 5.75 Å². The second kappa shape index (κ2) is 10.3. The number of benzene rings is 5. The first kappa shape index (κ1) is 27.7. The zero-order chi connectivity index (χ0) is 29.5. The minimum absolute atomic E-state index is 0.0143. The molecule has 0 unspecified atom stereocenters. The van der Waals surface area contributed by atoms with Crippen molar-refractivity contribution in [3.8, 4) is 5.75 Å². The fourth-order valence-corrected chi connectivity index (χ4v) is 5.17. The molecule has 0 bridgehead atoms. The Morgan fingerprint density at radius 3 is 1.98 bits per heavy atom. The van der Waals surface area contributed by atoms with Gasteiger partial charge in [0.1, 0.15) is 16.4 Å². The van der Waals surface area contributed by atoms with Gasteiger partial charge >= 0.3 is 0 Å². The highest BCUT2D eigenvalue weighted by molar-refractivity contribution is 7.86. The topological polar surface area (TPSA) is 204 Å². The van der Waals surface area contributed by atoms with Gasteiger partial charge in [0.15, 0.2) is 5.75 Å². The third kappa shape index (κ3) is 5.73. The first-order chi connectivity index (χ1) is 19.3. The molecule has 0 aliphatic heterocycles. The van der Waals surface area contributed by atoms with Gasteiger partial charge in [0, 0.05) is 21.8 Å². The maximum absolute atomic E-state index is 13.2. The molecule has 5 N–H and O–H groups in total. The standard InChI is InChI=1S/C26H18FN5O7S2/c27-15-2-5-17(6-3-15)29-30-22-9-10-23(21-13-18(40(34,35)36)7-8-19(21)22)31-32-25-24(41(37,38)39)11-14-1-4-16(28)12-20(14)26(25)33/h1-13,33H,28H2,(H,34,35,36)(H,37,38,39). The number of aromatic hydroxyl groups is 1. The van der Waals surface area contributed by atoms with Crippen LogP contribution in [0.1, 0.15) is 0 Å². The van der Waals surface area contributed by atoms with E-state index in [1.165, 1.54) is 60.7 Å². The molecule has 12 nitrogen and oxygen atoms in total. The van der Waals surface area contributed by atoms with Crippen molar-refractivity contribution in [2.75, 3.05) is 5.73 Å². The lowest BCUT2D eigenvalue weighted by Gasteiger charge is -2.10. The van der Waals surface area contributed by atoms with E-state index >= 15 is 0 Å². The molecule has 0 atom stereocenters. The Labute approximate surface area is 231 Å². The number of hydrogen-bond donors (Lipinski definition) is 4. The predicted molar refractivity (Wildman–Crippen MR) is 148 cm³/mol. The van der Waals surface area contributed by atoms with Gasteiger partial charge in [-0.15, -0.1) is 15.3 Å². The summed E-state index contributed by atoms with van der Waals surface area (Å²) < 4.78 is 80.5. The number of fused-ring (bicyclic) bond motifs is 2. The molecule has 0 fully saturated rings. The normalized spacial score (nSPS) is 12.7. The monoisotopic (exact) mass is 595 g/mol. The van der Waals surface area contributed by atoms with Crippen molar-refractivity contribution < 1.29 is 35.4 Å². The maximum atomic E-state index is 13.2. The van der Waals surface area contributed by atoms with Crippen LogP contribution in [-0.2, 0) is 20.2 Å². The van der Waals surface area contributed by atoms with E-state index in [1.54, 1.807) is 0 Å². The van der Waals surface area contributed by atoms with Gasteiger partial charge in [0.2, 0.25) is 0 Å². The third-order valence-electron chi connectivity index (χ3n) is 5.95. The number of hydrogen-bond acceptors (Lipinski definition) is 10. The summed E-state index contributed by atoms with van der Waals surface area (Å²) in [5, 5.41) is 27.8.